The van der Waals surface area contributed by atoms with Crippen LogP contribution in [0.5, 0.6) is 11.5 Å². The molecule has 1 heterocycles. The number of rotatable bonds is 5. The second-order valence-corrected chi connectivity index (χ2v) is 7.55. The van der Waals surface area contributed by atoms with Gasteiger partial charge in [-0.15, -0.1) is 0 Å². The van der Waals surface area contributed by atoms with Gasteiger partial charge in [0.1, 0.15) is 17.6 Å². The lowest BCUT2D eigenvalue weighted by atomic mass is 9.98. The van der Waals surface area contributed by atoms with Crippen molar-refractivity contribution in [2.24, 2.45) is 0 Å². The van der Waals surface area contributed by atoms with E-state index in [2.05, 4.69) is 29.2 Å². The van der Waals surface area contributed by atoms with E-state index in [1.54, 1.807) is 7.11 Å². The number of hydrogen-bond donors (Lipinski definition) is 0. The van der Waals surface area contributed by atoms with E-state index in [4.69, 9.17) is 14.7 Å². The van der Waals surface area contributed by atoms with Gasteiger partial charge in [0, 0.05) is 19.6 Å². The van der Waals surface area contributed by atoms with E-state index in [0.717, 1.165) is 44.0 Å². The van der Waals surface area contributed by atoms with Gasteiger partial charge in [0.05, 0.1) is 18.7 Å². The number of fused-ring (bicyclic) bond motifs is 1. The Balaban J connectivity index is 1.30. The molecule has 4 nitrogen and oxygen atoms in total. The second kappa shape index (κ2) is 8.02. The molecule has 4 rings (SSSR count). The molecule has 1 aliphatic heterocycles. The molecule has 1 atom stereocenters. The molecule has 0 amide bonds. The van der Waals surface area contributed by atoms with E-state index in [9.17, 15) is 0 Å². The summed E-state index contributed by atoms with van der Waals surface area (Å²) in [5.41, 5.74) is 3.63. The van der Waals surface area contributed by atoms with Crippen molar-refractivity contribution >= 4 is 0 Å². The summed E-state index contributed by atoms with van der Waals surface area (Å²) in [5, 5.41) is 8.88. The zero-order valence-corrected chi connectivity index (χ0v) is 15.9. The first-order chi connectivity index (χ1) is 13.2. The molecule has 27 heavy (non-hydrogen) atoms. The molecule has 1 saturated heterocycles. The van der Waals surface area contributed by atoms with Crippen LogP contribution in [-0.2, 0) is 6.42 Å². The molecule has 0 radical (unpaired) electrons. The Bertz CT molecular complexity index is 817. The summed E-state index contributed by atoms with van der Waals surface area (Å²) in [6.45, 7) is 3.29. The first-order valence-corrected chi connectivity index (χ1v) is 9.81. The number of likely N-dealkylation sites (tertiary alicyclic amines) is 1. The molecule has 140 valence electrons. The van der Waals surface area contributed by atoms with Crippen LogP contribution in [0.3, 0.4) is 0 Å². The highest BCUT2D eigenvalue weighted by Crippen LogP contribution is 2.36. The number of aryl methyl sites for hydroxylation is 1. The van der Waals surface area contributed by atoms with Crippen LogP contribution in [0.25, 0.3) is 0 Å². The topological polar surface area (TPSA) is 45.5 Å². The van der Waals surface area contributed by atoms with E-state index >= 15 is 0 Å². The standard InChI is InChI=1S/C23H26N2O2/c1-26-22-9-6-18-4-5-19(23(18)14-22)16-25-12-10-21(11-13-25)27-20-7-2-17(15-24)3-8-20/h2-3,6-9,14,19,21H,4-5,10-13,16H2,1H3. The molecule has 0 N–H and O–H groups in total. The summed E-state index contributed by atoms with van der Waals surface area (Å²) in [6.07, 6.45) is 4.80. The SMILES string of the molecule is COc1ccc2c(c1)C(CN1CCC(Oc3ccc(C#N)cc3)CC1)CC2. The predicted molar refractivity (Wildman–Crippen MR) is 105 cm³/mol. The molecule has 2 aliphatic rings. The minimum atomic E-state index is 0.269. The summed E-state index contributed by atoms with van der Waals surface area (Å²) in [6, 6.07) is 16.1. The summed E-state index contributed by atoms with van der Waals surface area (Å²) in [7, 11) is 1.74. The summed E-state index contributed by atoms with van der Waals surface area (Å²) < 4.78 is 11.5. The van der Waals surface area contributed by atoms with Crippen molar-refractivity contribution in [3.63, 3.8) is 0 Å². The second-order valence-electron chi connectivity index (χ2n) is 7.55. The van der Waals surface area contributed by atoms with Gasteiger partial charge in [-0.3, -0.25) is 0 Å². The van der Waals surface area contributed by atoms with Gasteiger partial charge in [0.25, 0.3) is 0 Å². The lowest BCUT2D eigenvalue weighted by molar-refractivity contribution is 0.0969. The number of nitriles is 1. The Morgan fingerprint density at radius 3 is 2.48 bits per heavy atom. The van der Waals surface area contributed by atoms with Gasteiger partial charge in [0.2, 0.25) is 0 Å². The number of hydrogen-bond acceptors (Lipinski definition) is 4. The van der Waals surface area contributed by atoms with Gasteiger partial charge in [-0.25, -0.2) is 0 Å². The van der Waals surface area contributed by atoms with Crippen LogP contribution in [0.1, 0.15) is 41.9 Å². The van der Waals surface area contributed by atoms with Gasteiger partial charge < -0.3 is 14.4 Å². The minimum Gasteiger partial charge on any atom is -0.497 e. The molecule has 1 aliphatic carbocycles. The van der Waals surface area contributed by atoms with Crippen LogP contribution < -0.4 is 9.47 Å². The molecule has 0 bridgehead atoms. The summed E-state index contributed by atoms with van der Waals surface area (Å²) >= 11 is 0. The highest BCUT2D eigenvalue weighted by Gasteiger charge is 2.27. The number of benzene rings is 2. The van der Waals surface area contributed by atoms with E-state index in [1.165, 1.54) is 24.0 Å². The molecule has 2 aromatic carbocycles. The summed E-state index contributed by atoms with van der Waals surface area (Å²) in [5.74, 6) is 2.45. The predicted octanol–water partition coefficient (Wildman–Crippen LogP) is 4.14. The van der Waals surface area contributed by atoms with Crippen LogP contribution in [-0.4, -0.2) is 37.7 Å². The van der Waals surface area contributed by atoms with Crippen LogP contribution >= 0.6 is 0 Å². The Morgan fingerprint density at radius 2 is 1.78 bits per heavy atom. The fourth-order valence-electron chi connectivity index (χ4n) is 4.30. The lowest BCUT2D eigenvalue weighted by Crippen LogP contribution is -2.40. The van der Waals surface area contributed by atoms with E-state index in [0.29, 0.717) is 11.5 Å². The number of piperidine rings is 1. The maximum atomic E-state index is 8.88. The quantitative estimate of drug-likeness (QED) is 0.802. The maximum absolute atomic E-state index is 8.88. The van der Waals surface area contributed by atoms with Crippen molar-refractivity contribution < 1.29 is 9.47 Å². The van der Waals surface area contributed by atoms with Gasteiger partial charge in [0.15, 0.2) is 0 Å². The molecule has 0 spiro atoms. The highest BCUT2D eigenvalue weighted by molar-refractivity contribution is 5.41. The van der Waals surface area contributed by atoms with Gasteiger partial charge in [-0.05, 0) is 79.1 Å². The van der Waals surface area contributed by atoms with Crippen molar-refractivity contribution in [1.82, 2.24) is 4.90 Å². The minimum absolute atomic E-state index is 0.269. The zero-order valence-electron chi connectivity index (χ0n) is 15.9. The van der Waals surface area contributed by atoms with E-state index < -0.39 is 0 Å². The average molecular weight is 362 g/mol. The average Bonchev–Trinajstić information content (AvgIpc) is 3.12. The molecule has 2 aromatic rings. The van der Waals surface area contributed by atoms with Gasteiger partial charge >= 0.3 is 0 Å². The Kier molecular flexibility index (Phi) is 5.31. The van der Waals surface area contributed by atoms with Crippen molar-refractivity contribution in [3.8, 4) is 17.6 Å². The molecule has 0 saturated carbocycles. The molecule has 1 unspecified atom stereocenters. The fraction of sp³-hybridized carbons (Fsp3) is 0.435. The first-order valence-electron chi connectivity index (χ1n) is 9.81. The third-order valence-corrected chi connectivity index (χ3v) is 5.85. The summed E-state index contributed by atoms with van der Waals surface area (Å²) in [4.78, 5) is 2.58. The third kappa shape index (κ3) is 4.09. The molecular formula is C23H26N2O2. The van der Waals surface area contributed by atoms with Crippen molar-refractivity contribution in [1.29, 1.82) is 5.26 Å². The number of methoxy groups -OCH3 is 1. The van der Waals surface area contributed by atoms with E-state index in [-0.39, 0.29) is 6.10 Å². The van der Waals surface area contributed by atoms with Crippen molar-refractivity contribution in [3.05, 3.63) is 59.2 Å². The smallest absolute Gasteiger partial charge is 0.119 e. The van der Waals surface area contributed by atoms with Crippen molar-refractivity contribution in [2.45, 2.75) is 37.7 Å². The molecular weight excluding hydrogens is 336 g/mol. The van der Waals surface area contributed by atoms with Gasteiger partial charge in [-0.1, -0.05) is 6.07 Å². The van der Waals surface area contributed by atoms with Crippen LogP contribution in [0, 0.1) is 11.3 Å². The Hall–Kier alpha value is -2.51. The number of ether oxygens (including phenoxy) is 2. The molecule has 4 heteroatoms. The van der Waals surface area contributed by atoms with Gasteiger partial charge in [-0.2, -0.15) is 5.26 Å². The zero-order chi connectivity index (χ0) is 18.6. The molecule has 1 fully saturated rings. The lowest BCUT2D eigenvalue weighted by Gasteiger charge is -2.33. The normalized spacial score (nSPS) is 20.1. The largest absolute Gasteiger partial charge is 0.497 e. The third-order valence-electron chi connectivity index (χ3n) is 5.85. The Morgan fingerprint density at radius 1 is 1.04 bits per heavy atom. The van der Waals surface area contributed by atoms with E-state index in [1.807, 2.05) is 24.3 Å². The monoisotopic (exact) mass is 362 g/mol. The molecule has 0 aromatic heterocycles. The number of nitrogens with zero attached hydrogens (tertiary/aromatic N) is 2. The first kappa shape index (κ1) is 17.9. The fourth-order valence-corrected chi connectivity index (χ4v) is 4.30. The maximum Gasteiger partial charge on any atom is 0.119 e. The Labute approximate surface area is 161 Å². The van der Waals surface area contributed by atoms with Crippen molar-refractivity contribution in [2.75, 3.05) is 26.7 Å². The van der Waals surface area contributed by atoms with Crippen LogP contribution in [0.15, 0.2) is 42.5 Å². The van der Waals surface area contributed by atoms with Crippen LogP contribution in [0.4, 0.5) is 0 Å². The van der Waals surface area contributed by atoms with Crippen LogP contribution in [0.2, 0.25) is 0 Å². The highest BCUT2D eigenvalue weighted by atomic mass is 16.5.